The molecule has 0 aliphatic rings. The second kappa shape index (κ2) is 5.20. The first-order chi connectivity index (χ1) is 6.77. The summed E-state index contributed by atoms with van der Waals surface area (Å²) in [6, 6.07) is 6.12. The fourth-order valence-corrected chi connectivity index (χ4v) is 1.02. The van der Waals surface area contributed by atoms with Crippen molar-refractivity contribution in [2.75, 3.05) is 25.6 Å². The molecule has 0 bridgehead atoms. The van der Waals surface area contributed by atoms with Gasteiger partial charge in [-0.3, -0.25) is 0 Å². The molecule has 1 rings (SSSR count). The highest BCUT2D eigenvalue weighted by Crippen LogP contribution is 2.13. The van der Waals surface area contributed by atoms with Gasteiger partial charge < -0.3 is 10.1 Å². The lowest BCUT2D eigenvalue weighted by Gasteiger charge is -2.05. The number of ether oxygens (including phenoxy) is 1. The Balaban J connectivity index is 2.66. The highest BCUT2D eigenvalue weighted by Gasteiger charge is 2.01. The van der Waals surface area contributed by atoms with Crippen LogP contribution >= 0.6 is 0 Å². The fourth-order valence-electron chi connectivity index (χ4n) is 1.02. The van der Waals surface area contributed by atoms with E-state index in [-0.39, 0.29) is 5.56 Å². The van der Waals surface area contributed by atoms with Crippen LogP contribution in [0.1, 0.15) is 5.56 Å². The molecule has 14 heavy (non-hydrogen) atoms. The van der Waals surface area contributed by atoms with Crippen molar-refractivity contribution in [3.8, 4) is 6.07 Å². The number of hydrogen-bond donors (Lipinski definition) is 1. The third-order valence-corrected chi connectivity index (χ3v) is 1.72. The zero-order chi connectivity index (χ0) is 10.4. The summed E-state index contributed by atoms with van der Waals surface area (Å²) in [7, 11) is 1.60. The Morgan fingerprint density at radius 1 is 1.57 bits per heavy atom. The maximum atomic E-state index is 12.9. The van der Waals surface area contributed by atoms with Crippen LogP contribution in [0.4, 0.5) is 10.1 Å². The number of anilines is 1. The topological polar surface area (TPSA) is 45.0 Å². The molecule has 0 fully saturated rings. The minimum Gasteiger partial charge on any atom is -0.383 e. The summed E-state index contributed by atoms with van der Waals surface area (Å²) in [5, 5.41) is 11.6. The molecule has 0 aliphatic carbocycles. The molecule has 0 unspecified atom stereocenters. The predicted octanol–water partition coefficient (Wildman–Crippen LogP) is 1.76. The molecule has 4 heteroatoms. The van der Waals surface area contributed by atoms with E-state index in [1.165, 1.54) is 12.1 Å². The van der Waals surface area contributed by atoms with Gasteiger partial charge in [-0.15, -0.1) is 0 Å². The Hall–Kier alpha value is -1.60. The Morgan fingerprint density at radius 3 is 3.00 bits per heavy atom. The van der Waals surface area contributed by atoms with E-state index in [4.69, 9.17) is 10.00 Å². The molecule has 0 saturated carbocycles. The standard InChI is InChI=1S/C10H11FN2O/c1-14-5-4-13-9-2-3-10(11)8(6-9)7-12/h2-3,6,13H,4-5H2,1H3. The van der Waals surface area contributed by atoms with Gasteiger partial charge in [-0.25, -0.2) is 4.39 Å². The van der Waals surface area contributed by atoms with Gasteiger partial charge in [0.05, 0.1) is 12.2 Å². The van der Waals surface area contributed by atoms with Crippen molar-refractivity contribution in [2.45, 2.75) is 0 Å². The second-order valence-electron chi connectivity index (χ2n) is 2.73. The van der Waals surface area contributed by atoms with Crippen molar-refractivity contribution < 1.29 is 9.13 Å². The highest BCUT2D eigenvalue weighted by molar-refractivity contribution is 5.49. The monoisotopic (exact) mass is 194 g/mol. The van der Waals surface area contributed by atoms with E-state index in [2.05, 4.69) is 5.32 Å². The van der Waals surface area contributed by atoms with E-state index in [1.54, 1.807) is 19.2 Å². The third-order valence-electron chi connectivity index (χ3n) is 1.72. The van der Waals surface area contributed by atoms with Crippen molar-refractivity contribution in [3.63, 3.8) is 0 Å². The van der Waals surface area contributed by atoms with Crippen molar-refractivity contribution in [3.05, 3.63) is 29.6 Å². The van der Waals surface area contributed by atoms with Crippen LogP contribution in [0.2, 0.25) is 0 Å². The van der Waals surface area contributed by atoms with Crippen LogP contribution in [0.25, 0.3) is 0 Å². The van der Waals surface area contributed by atoms with Crippen LogP contribution in [0.15, 0.2) is 18.2 Å². The Morgan fingerprint density at radius 2 is 2.36 bits per heavy atom. The summed E-state index contributed by atoms with van der Waals surface area (Å²) in [5.74, 6) is -0.496. The highest BCUT2D eigenvalue weighted by atomic mass is 19.1. The number of nitrogens with one attached hydrogen (secondary N) is 1. The van der Waals surface area contributed by atoms with Crippen LogP contribution in [-0.2, 0) is 4.74 Å². The average molecular weight is 194 g/mol. The Labute approximate surface area is 82.1 Å². The normalized spacial score (nSPS) is 9.50. The van der Waals surface area contributed by atoms with Crippen molar-refractivity contribution in [2.24, 2.45) is 0 Å². The molecule has 1 aromatic carbocycles. The molecule has 74 valence electrons. The molecule has 1 aromatic rings. The van der Waals surface area contributed by atoms with E-state index in [0.717, 1.165) is 5.69 Å². The number of methoxy groups -OCH3 is 1. The summed E-state index contributed by atoms with van der Waals surface area (Å²) < 4.78 is 17.7. The zero-order valence-corrected chi connectivity index (χ0v) is 7.88. The summed E-state index contributed by atoms with van der Waals surface area (Å²) in [6.45, 7) is 1.20. The van der Waals surface area contributed by atoms with E-state index >= 15 is 0 Å². The first-order valence-corrected chi connectivity index (χ1v) is 4.20. The summed E-state index contributed by atoms with van der Waals surface area (Å²) in [5.41, 5.74) is 0.771. The molecule has 0 atom stereocenters. The molecule has 3 nitrogen and oxygen atoms in total. The number of nitrogens with zero attached hydrogens (tertiary/aromatic N) is 1. The summed E-state index contributed by atoms with van der Waals surface area (Å²) >= 11 is 0. The average Bonchev–Trinajstić information content (AvgIpc) is 2.21. The number of benzene rings is 1. The van der Waals surface area contributed by atoms with Gasteiger partial charge in [0.2, 0.25) is 0 Å². The van der Waals surface area contributed by atoms with Gasteiger partial charge in [-0.1, -0.05) is 0 Å². The van der Waals surface area contributed by atoms with Crippen LogP contribution in [0.3, 0.4) is 0 Å². The van der Waals surface area contributed by atoms with E-state index in [1.807, 2.05) is 0 Å². The maximum absolute atomic E-state index is 12.9. The van der Waals surface area contributed by atoms with Crippen LogP contribution in [0.5, 0.6) is 0 Å². The lowest BCUT2D eigenvalue weighted by atomic mass is 10.2. The number of rotatable bonds is 4. The van der Waals surface area contributed by atoms with Crippen LogP contribution in [-0.4, -0.2) is 20.3 Å². The van der Waals surface area contributed by atoms with Crippen LogP contribution in [0, 0.1) is 17.1 Å². The lowest BCUT2D eigenvalue weighted by molar-refractivity contribution is 0.211. The zero-order valence-electron chi connectivity index (χ0n) is 7.88. The van der Waals surface area contributed by atoms with E-state index in [0.29, 0.717) is 13.2 Å². The molecule has 0 heterocycles. The molecule has 0 aliphatic heterocycles. The number of hydrogen-bond acceptors (Lipinski definition) is 3. The van der Waals surface area contributed by atoms with Crippen molar-refractivity contribution in [1.82, 2.24) is 0 Å². The molecule has 0 saturated heterocycles. The Bertz CT molecular complexity index is 346. The molecule has 0 radical (unpaired) electrons. The first kappa shape index (κ1) is 10.5. The quantitative estimate of drug-likeness (QED) is 0.743. The second-order valence-corrected chi connectivity index (χ2v) is 2.73. The predicted molar refractivity (Wildman–Crippen MR) is 51.5 cm³/mol. The molecule has 0 spiro atoms. The third kappa shape index (κ3) is 2.71. The van der Waals surface area contributed by atoms with Crippen LogP contribution < -0.4 is 5.32 Å². The van der Waals surface area contributed by atoms with Crippen molar-refractivity contribution in [1.29, 1.82) is 5.26 Å². The van der Waals surface area contributed by atoms with Gasteiger partial charge in [0, 0.05) is 19.3 Å². The van der Waals surface area contributed by atoms with Gasteiger partial charge in [0.25, 0.3) is 0 Å². The van der Waals surface area contributed by atoms with Gasteiger partial charge in [-0.2, -0.15) is 5.26 Å². The molecule has 0 aromatic heterocycles. The SMILES string of the molecule is COCCNc1ccc(F)c(C#N)c1. The van der Waals surface area contributed by atoms with Gasteiger partial charge in [0.1, 0.15) is 11.9 Å². The maximum Gasteiger partial charge on any atom is 0.141 e. The molecular formula is C10H11FN2O. The molecule has 0 amide bonds. The molecular weight excluding hydrogens is 183 g/mol. The fraction of sp³-hybridized carbons (Fsp3) is 0.300. The number of nitriles is 1. The van der Waals surface area contributed by atoms with E-state index in [9.17, 15) is 4.39 Å². The van der Waals surface area contributed by atoms with Crippen molar-refractivity contribution >= 4 is 5.69 Å². The smallest absolute Gasteiger partial charge is 0.141 e. The molecule has 1 N–H and O–H groups in total. The Kier molecular flexibility index (Phi) is 3.89. The largest absolute Gasteiger partial charge is 0.383 e. The van der Waals surface area contributed by atoms with Gasteiger partial charge in [0.15, 0.2) is 0 Å². The van der Waals surface area contributed by atoms with Gasteiger partial charge in [-0.05, 0) is 18.2 Å². The minimum absolute atomic E-state index is 0.0485. The van der Waals surface area contributed by atoms with Gasteiger partial charge >= 0.3 is 0 Å². The summed E-state index contributed by atoms with van der Waals surface area (Å²) in [6.07, 6.45) is 0. The van der Waals surface area contributed by atoms with E-state index < -0.39 is 5.82 Å². The number of halogens is 1. The summed E-state index contributed by atoms with van der Waals surface area (Å²) in [4.78, 5) is 0. The lowest BCUT2D eigenvalue weighted by Crippen LogP contribution is -2.07. The first-order valence-electron chi connectivity index (χ1n) is 4.20. The minimum atomic E-state index is -0.496.